The molecule has 2 heterocycles. The monoisotopic (exact) mass is 264 g/mol. The van der Waals surface area contributed by atoms with E-state index in [-0.39, 0.29) is 18.1 Å². The Morgan fingerprint density at radius 3 is 2.47 bits per heavy atom. The predicted octanol–water partition coefficient (Wildman–Crippen LogP) is 2.53. The van der Waals surface area contributed by atoms with Gasteiger partial charge in [0.05, 0.1) is 24.3 Å². The number of nitriles is 1. The third-order valence-corrected chi connectivity index (χ3v) is 4.42. The van der Waals surface area contributed by atoms with Crippen LogP contribution >= 0.6 is 0 Å². The van der Waals surface area contributed by atoms with E-state index in [0.717, 1.165) is 32.1 Å². The molecule has 0 spiro atoms. The molecule has 0 aromatic rings. The smallest absolute Gasteiger partial charge is 0.240 e. The molecule has 0 aliphatic carbocycles. The van der Waals surface area contributed by atoms with Crippen LogP contribution in [0.2, 0.25) is 0 Å². The minimum atomic E-state index is -0.842. The lowest BCUT2D eigenvalue weighted by Crippen LogP contribution is -2.48. The van der Waals surface area contributed by atoms with Gasteiger partial charge in [-0.15, -0.1) is 0 Å². The van der Waals surface area contributed by atoms with Gasteiger partial charge < -0.3 is 10.1 Å². The number of fused-ring (bicyclic) bond motifs is 2. The van der Waals surface area contributed by atoms with Gasteiger partial charge in [-0.25, -0.2) is 0 Å². The maximum Gasteiger partial charge on any atom is 0.240 e. The summed E-state index contributed by atoms with van der Waals surface area (Å²) in [5.74, 6) is -0.0835. The summed E-state index contributed by atoms with van der Waals surface area (Å²) in [4.78, 5) is 12.5. The summed E-state index contributed by atoms with van der Waals surface area (Å²) in [5.41, 5.74) is -0.842. The van der Waals surface area contributed by atoms with Crippen molar-refractivity contribution >= 4 is 5.91 Å². The first kappa shape index (κ1) is 14.3. The number of amides is 1. The molecule has 2 bridgehead atoms. The first-order valence-electron chi connectivity index (χ1n) is 7.53. The Balaban J connectivity index is 2.01. The SMILES string of the molecule is CCCC(C#N)(CCC)C(=O)NC1CC2CCC1O2. The summed E-state index contributed by atoms with van der Waals surface area (Å²) in [5, 5.41) is 12.6. The zero-order valence-electron chi connectivity index (χ0n) is 11.9. The van der Waals surface area contributed by atoms with E-state index in [9.17, 15) is 10.1 Å². The quantitative estimate of drug-likeness (QED) is 0.802. The second kappa shape index (κ2) is 5.92. The second-order valence-corrected chi connectivity index (χ2v) is 5.88. The molecule has 19 heavy (non-hydrogen) atoms. The lowest BCUT2D eigenvalue weighted by Gasteiger charge is -2.28. The Morgan fingerprint density at radius 2 is 2.05 bits per heavy atom. The zero-order chi connectivity index (χ0) is 13.9. The molecule has 4 heteroatoms. The number of hydrogen-bond donors (Lipinski definition) is 1. The average molecular weight is 264 g/mol. The van der Waals surface area contributed by atoms with Crippen molar-refractivity contribution in [1.29, 1.82) is 5.26 Å². The summed E-state index contributed by atoms with van der Waals surface area (Å²) in [6.45, 7) is 4.05. The Labute approximate surface area is 115 Å². The van der Waals surface area contributed by atoms with Crippen molar-refractivity contribution < 1.29 is 9.53 Å². The van der Waals surface area contributed by atoms with Crippen LogP contribution in [0, 0.1) is 16.7 Å². The van der Waals surface area contributed by atoms with Gasteiger partial charge in [0.15, 0.2) is 0 Å². The number of nitrogens with one attached hydrogen (secondary N) is 1. The van der Waals surface area contributed by atoms with Crippen LogP contribution in [0.4, 0.5) is 0 Å². The lowest BCUT2D eigenvalue weighted by molar-refractivity contribution is -0.130. The van der Waals surface area contributed by atoms with E-state index in [0.29, 0.717) is 18.9 Å². The number of hydrogen-bond acceptors (Lipinski definition) is 3. The van der Waals surface area contributed by atoms with Crippen LogP contribution in [0.5, 0.6) is 0 Å². The molecule has 2 aliphatic rings. The minimum Gasteiger partial charge on any atom is -0.373 e. The van der Waals surface area contributed by atoms with E-state index in [1.807, 2.05) is 13.8 Å². The fourth-order valence-electron chi connectivity index (χ4n) is 3.46. The molecule has 2 rings (SSSR count). The Bertz CT molecular complexity index is 369. The van der Waals surface area contributed by atoms with Gasteiger partial charge >= 0.3 is 0 Å². The summed E-state index contributed by atoms with van der Waals surface area (Å²) in [6.07, 6.45) is 6.56. The van der Waals surface area contributed by atoms with E-state index in [2.05, 4.69) is 11.4 Å². The highest BCUT2D eigenvalue weighted by Gasteiger charge is 2.44. The molecule has 2 fully saturated rings. The molecule has 4 nitrogen and oxygen atoms in total. The largest absolute Gasteiger partial charge is 0.373 e. The predicted molar refractivity (Wildman–Crippen MR) is 72.3 cm³/mol. The molecule has 1 N–H and O–H groups in total. The van der Waals surface area contributed by atoms with Crippen molar-refractivity contribution in [1.82, 2.24) is 5.32 Å². The highest BCUT2D eigenvalue weighted by molar-refractivity contribution is 5.85. The maximum absolute atomic E-state index is 12.5. The van der Waals surface area contributed by atoms with E-state index in [1.165, 1.54) is 0 Å². The maximum atomic E-state index is 12.5. The summed E-state index contributed by atoms with van der Waals surface area (Å²) in [6, 6.07) is 2.40. The van der Waals surface area contributed by atoms with Gasteiger partial charge in [-0.05, 0) is 32.1 Å². The van der Waals surface area contributed by atoms with E-state index >= 15 is 0 Å². The third kappa shape index (κ3) is 2.76. The lowest BCUT2D eigenvalue weighted by atomic mass is 9.79. The summed E-state index contributed by atoms with van der Waals surface area (Å²) >= 11 is 0. The van der Waals surface area contributed by atoms with Crippen LogP contribution in [-0.2, 0) is 9.53 Å². The molecule has 0 aromatic heterocycles. The zero-order valence-corrected chi connectivity index (χ0v) is 11.9. The van der Waals surface area contributed by atoms with Crippen LogP contribution in [0.25, 0.3) is 0 Å². The number of nitrogens with zero attached hydrogens (tertiary/aromatic N) is 1. The number of carbonyl (C=O) groups excluding carboxylic acids is 1. The Hall–Kier alpha value is -1.08. The van der Waals surface area contributed by atoms with Crippen molar-refractivity contribution in [3.63, 3.8) is 0 Å². The Kier molecular flexibility index (Phi) is 4.46. The van der Waals surface area contributed by atoms with Gasteiger partial charge in [-0.2, -0.15) is 5.26 Å². The van der Waals surface area contributed by atoms with Crippen molar-refractivity contribution in [2.24, 2.45) is 5.41 Å². The van der Waals surface area contributed by atoms with Crippen molar-refractivity contribution in [3.8, 4) is 6.07 Å². The molecule has 2 saturated heterocycles. The molecule has 0 aromatic carbocycles. The summed E-state index contributed by atoms with van der Waals surface area (Å²) < 4.78 is 5.75. The number of carbonyl (C=O) groups is 1. The van der Waals surface area contributed by atoms with Crippen LogP contribution in [0.15, 0.2) is 0 Å². The van der Waals surface area contributed by atoms with Crippen LogP contribution in [-0.4, -0.2) is 24.2 Å². The fourth-order valence-corrected chi connectivity index (χ4v) is 3.46. The van der Waals surface area contributed by atoms with Crippen molar-refractivity contribution in [2.75, 3.05) is 0 Å². The highest BCUT2D eigenvalue weighted by atomic mass is 16.5. The molecule has 2 aliphatic heterocycles. The van der Waals surface area contributed by atoms with E-state index < -0.39 is 5.41 Å². The van der Waals surface area contributed by atoms with Crippen molar-refractivity contribution in [3.05, 3.63) is 0 Å². The van der Waals surface area contributed by atoms with Gasteiger partial charge in [-0.3, -0.25) is 4.79 Å². The minimum absolute atomic E-state index is 0.0835. The Morgan fingerprint density at radius 1 is 1.37 bits per heavy atom. The first-order valence-corrected chi connectivity index (χ1v) is 7.53. The molecule has 106 valence electrons. The summed E-state index contributed by atoms with van der Waals surface area (Å²) in [7, 11) is 0. The normalized spacial score (nSPS) is 29.2. The third-order valence-electron chi connectivity index (χ3n) is 4.42. The van der Waals surface area contributed by atoms with Gasteiger partial charge in [0.1, 0.15) is 5.41 Å². The number of rotatable bonds is 6. The van der Waals surface area contributed by atoms with E-state index in [1.54, 1.807) is 0 Å². The number of ether oxygens (including phenoxy) is 1. The standard InChI is InChI=1S/C15H24N2O2/c1-3-7-15(10-16,8-4-2)14(18)17-12-9-11-5-6-13(12)19-11/h11-13H,3-9H2,1-2H3,(H,17,18). The first-order chi connectivity index (χ1) is 9.15. The molecule has 3 unspecified atom stereocenters. The molecular weight excluding hydrogens is 240 g/mol. The molecular formula is C15H24N2O2. The van der Waals surface area contributed by atoms with Crippen LogP contribution in [0.3, 0.4) is 0 Å². The molecule has 1 amide bonds. The average Bonchev–Trinajstić information content (AvgIpc) is 3.00. The van der Waals surface area contributed by atoms with Crippen molar-refractivity contribution in [2.45, 2.75) is 77.0 Å². The molecule has 3 atom stereocenters. The highest BCUT2D eigenvalue weighted by Crippen LogP contribution is 2.36. The van der Waals surface area contributed by atoms with Gasteiger partial charge in [0.2, 0.25) is 5.91 Å². The molecule has 0 radical (unpaired) electrons. The molecule has 0 saturated carbocycles. The topological polar surface area (TPSA) is 62.1 Å². The van der Waals surface area contributed by atoms with Gasteiger partial charge in [0.25, 0.3) is 0 Å². The van der Waals surface area contributed by atoms with Crippen LogP contribution in [0.1, 0.15) is 58.8 Å². The van der Waals surface area contributed by atoms with Crippen LogP contribution < -0.4 is 5.32 Å². The van der Waals surface area contributed by atoms with Gasteiger partial charge in [0, 0.05) is 0 Å². The second-order valence-electron chi connectivity index (χ2n) is 5.88. The fraction of sp³-hybridized carbons (Fsp3) is 0.867. The van der Waals surface area contributed by atoms with E-state index in [4.69, 9.17) is 4.74 Å². The van der Waals surface area contributed by atoms with Gasteiger partial charge in [-0.1, -0.05) is 26.7 Å².